The highest BCUT2D eigenvalue weighted by Crippen LogP contribution is 2.26. The summed E-state index contributed by atoms with van der Waals surface area (Å²) >= 11 is 0. The van der Waals surface area contributed by atoms with Crippen LogP contribution in [0, 0.1) is 5.41 Å². The van der Waals surface area contributed by atoms with E-state index in [0.29, 0.717) is 6.42 Å². The molecule has 9 nitrogen and oxygen atoms in total. The van der Waals surface area contributed by atoms with Gasteiger partial charge in [0.05, 0.1) is 0 Å². The Labute approximate surface area is 180 Å². The second kappa shape index (κ2) is 10.2. The molecule has 1 aliphatic rings. The number of carboxylic acid groups (broad SMARTS) is 1. The van der Waals surface area contributed by atoms with Crippen LogP contribution in [0.15, 0.2) is 0 Å². The van der Waals surface area contributed by atoms with Gasteiger partial charge in [-0.3, -0.25) is 9.59 Å². The first-order valence-electron chi connectivity index (χ1n) is 10.1. The minimum atomic E-state index is -2.91. The van der Waals surface area contributed by atoms with Crippen LogP contribution in [-0.4, -0.2) is 70.6 Å². The third-order valence-corrected chi connectivity index (χ3v) is 4.64. The number of ether oxygens (including phenoxy) is 1. The number of rotatable bonds is 7. The number of halogens is 2. The van der Waals surface area contributed by atoms with Crippen molar-refractivity contribution in [2.45, 2.75) is 91.0 Å². The standard InChI is InChI=1S/C20H33F2N3O6/c1-19(2,3)14(24-18(30)31-20(4,5)6)16(27)25-9-7-8-12(25)15(26)23-11(17(28)29)10-13(21)22/h11-14H,7-10H2,1-6H3,(H,23,26)(H,24,30)(H,28,29)/t11?,12-,14+/m0/s1. The maximum absolute atomic E-state index is 13.2. The molecule has 1 unspecified atom stereocenters. The largest absolute Gasteiger partial charge is 0.480 e. The molecule has 0 aromatic heterocycles. The molecule has 1 rings (SSSR count). The number of likely N-dealkylation sites (tertiary alicyclic amines) is 1. The molecule has 1 saturated heterocycles. The Bertz CT molecular complexity index is 687. The highest BCUT2D eigenvalue weighted by atomic mass is 19.3. The smallest absolute Gasteiger partial charge is 0.408 e. The number of alkyl halides is 2. The Morgan fingerprint density at radius 1 is 1.10 bits per heavy atom. The van der Waals surface area contributed by atoms with E-state index < -0.39 is 65.9 Å². The van der Waals surface area contributed by atoms with E-state index in [2.05, 4.69) is 10.6 Å². The molecule has 1 fully saturated rings. The Hall–Kier alpha value is -2.46. The first kappa shape index (κ1) is 26.6. The van der Waals surface area contributed by atoms with Crippen LogP contribution in [0.5, 0.6) is 0 Å². The molecule has 3 N–H and O–H groups in total. The van der Waals surface area contributed by atoms with Crippen LogP contribution in [0.25, 0.3) is 0 Å². The molecule has 31 heavy (non-hydrogen) atoms. The molecule has 0 saturated carbocycles. The number of carboxylic acids is 1. The Kier molecular flexibility index (Phi) is 8.77. The second-order valence-corrected chi connectivity index (χ2v) is 9.66. The molecule has 3 amide bonds. The highest BCUT2D eigenvalue weighted by Gasteiger charge is 2.43. The Morgan fingerprint density at radius 2 is 1.68 bits per heavy atom. The number of alkyl carbamates (subject to hydrolysis) is 1. The van der Waals surface area contributed by atoms with Gasteiger partial charge in [-0.25, -0.2) is 18.4 Å². The lowest BCUT2D eigenvalue weighted by Crippen LogP contribution is -2.59. The van der Waals surface area contributed by atoms with Crippen molar-refractivity contribution in [3.63, 3.8) is 0 Å². The Balaban J connectivity index is 3.00. The van der Waals surface area contributed by atoms with Crippen molar-refractivity contribution in [1.82, 2.24) is 15.5 Å². The maximum Gasteiger partial charge on any atom is 0.408 e. The molecule has 0 aromatic carbocycles. The minimum Gasteiger partial charge on any atom is -0.480 e. The van der Waals surface area contributed by atoms with Crippen molar-refractivity contribution in [3.8, 4) is 0 Å². The van der Waals surface area contributed by atoms with E-state index in [1.165, 1.54) is 4.90 Å². The lowest BCUT2D eigenvalue weighted by Gasteiger charge is -2.36. The van der Waals surface area contributed by atoms with Gasteiger partial charge >= 0.3 is 12.1 Å². The molecule has 3 atom stereocenters. The van der Waals surface area contributed by atoms with Gasteiger partial charge in [-0.1, -0.05) is 20.8 Å². The molecule has 1 heterocycles. The van der Waals surface area contributed by atoms with E-state index in [1.54, 1.807) is 41.5 Å². The summed E-state index contributed by atoms with van der Waals surface area (Å²) in [5.74, 6) is -2.93. The molecule has 1 aliphatic heterocycles. The molecule has 178 valence electrons. The fraction of sp³-hybridized carbons (Fsp3) is 0.800. The second-order valence-electron chi connectivity index (χ2n) is 9.66. The molecular weight excluding hydrogens is 416 g/mol. The van der Waals surface area contributed by atoms with Gasteiger partial charge in [0, 0.05) is 13.0 Å². The number of nitrogens with zero attached hydrogens (tertiary/aromatic N) is 1. The van der Waals surface area contributed by atoms with E-state index in [9.17, 15) is 28.0 Å². The topological polar surface area (TPSA) is 125 Å². The number of hydrogen-bond acceptors (Lipinski definition) is 5. The number of nitrogens with one attached hydrogen (secondary N) is 2. The van der Waals surface area contributed by atoms with Gasteiger partial charge in [-0.05, 0) is 39.0 Å². The van der Waals surface area contributed by atoms with E-state index in [1.807, 2.05) is 0 Å². The SMILES string of the molecule is CC(C)(C)OC(=O)N[C@H](C(=O)N1CCC[C@H]1C(=O)NC(CC(F)F)C(=O)O)C(C)(C)C. The van der Waals surface area contributed by atoms with E-state index >= 15 is 0 Å². The quantitative estimate of drug-likeness (QED) is 0.547. The van der Waals surface area contributed by atoms with Gasteiger partial charge in [-0.2, -0.15) is 0 Å². The normalized spacial score (nSPS) is 19.0. The minimum absolute atomic E-state index is 0.214. The van der Waals surface area contributed by atoms with Crippen LogP contribution >= 0.6 is 0 Å². The van der Waals surface area contributed by atoms with Gasteiger partial charge in [-0.15, -0.1) is 0 Å². The van der Waals surface area contributed by atoms with Crippen LogP contribution in [0.3, 0.4) is 0 Å². The first-order chi connectivity index (χ1) is 14.0. The van der Waals surface area contributed by atoms with Gasteiger partial charge in [0.2, 0.25) is 18.2 Å². The lowest BCUT2D eigenvalue weighted by molar-refractivity contribution is -0.146. The summed E-state index contributed by atoms with van der Waals surface area (Å²) in [4.78, 5) is 50.6. The number of hydrogen-bond donors (Lipinski definition) is 3. The van der Waals surface area contributed by atoms with Crippen LogP contribution in [0.1, 0.15) is 60.8 Å². The first-order valence-corrected chi connectivity index (χ1v) is 10.1. The number of carbonyl (C=O) groups is 4. The van der Waals surface area contributed by atoms with Crippen molar-refractivity contribution in [3.05, 3.63) is 0 Å². The number of amides is 3. The van der Waals surface area contributed by atoms with E-state index in [-0.39, 0.29) is 13.0 Å². The van der Waals surface area contributed by atoms with Crippen LogP contribution in [-0.2, 0) is 19.1 Å². The summed E-state index contributed by atoms with van der Waals surface area (Å²) in [6.45, 7) is 10.5. The van der Waals surface area contributed by atoms with E-state index in [4.69, 9.17) is 9.84 Å². The van der Waals surface area contributed by atoms with Gasteiger partial charge in [0.15, 0.2) is 0 Å². The third kappa shape index (κ3) is 8.29. The molecule has 0 radical (unpaired) electrons. The Morgan fingerprint density at radius 3 is 2.13 bits per heavy atom. The highest BCUT2D eigenvalue weighted by molar-refractivity contribution is 5.93. The predicted molar refractivity (Wildman–Crippen MR) is 108 cm³/mol. The summed E-state index contributed by atoms with van der Waals surface area (Å²) in [6, 6.07) is -3.80. The van der Waals surface area contributed by atoms with Crippen LogP contribution < -0.4 is 10.6 Å². The molecule has 0 aromatic rings. The van der Waals surface area contributed by atoms with Crippen LogP contribution in [0.2, 0.25) is 0 Å². The molecule has 11 heteroatoms. The summed E-state index contributed by atoms with van der Waals surface area (Å²) < 4.78 is 30.5. The third-order valence-electron chi connectivity index (χ3n) is 4.64. The average molecular weight is 449 g/mol. The zero-order chi connectivity index (χ0) is 24.1. The lowest BCUT2D eigenvalue weighted by atomic mass is 9.85. The molecule has 0 bridgehead atoms. The summed E-state index contributed by atoms with van der Waals surface area (Å²) in [7, 11) is 0. The van der Waals surface area contributed by atoms with Crippen molar-refractivity contribution < 1.29 is 37.8 Å². The van der Waals surface area contributed by atoms with Crippen molar-refractivity contribution >= 4 is 23.9 Å². The molecule has 0 spiro atoms. The van der Waals surface area contributed by atoms with E-state index in [0.717, 1.165) is 0 Å². The van der Waals surface area contributed by atoms with Crippen molar-refractivity contribution in [1.29, 1.82) is 0 Å². The number of carbonyl (C=O) groups excluding carboxylic acids is 3. The van der Waals surface area contributed by atoms with Crippen molar-refractivity contribution in [2.24, 2.45) is 5.41 Å². The predicted octanol–water partition coefficient (Wildman–Crippen LogP) is 2.14. The molecule has 0 aliphatic carbocycles. The maximum atomic E-state index is 13.2. The monoisotopic (exact) mass is 449 g/mol. The number of aliphatic carboxylic acids is 1. The van der Waals surface area contributed by atoms with Gasteiger partial charge < -0.3 is 25.4 Å². The zero-order valence-electron chi connectivity index (χ0n) is 18.8. The molecular formula is C20H33F2N3O6. The summed E-state index contributed by atoms with van der Waals surface area (Å²) in [5, 5.41) is 13.7. The van der Waals surface area contributed by atoms with Crippen LogP contribution in [0.4, 0.5) is 13.6 Å². The van der Waals surface area contributed by atoms with Gasteiger partial charge in [0.25, 0.3) is 0 Å². The fourth-order valence-corrected chi connectivity index (χ4v) is 3.21. The zero-order valence-corrected chi connectivity index (χ0v) is 18.8. The summed E-state index contributed by atoms with van der Waals surface area (Å²) in [6.07, 6.45) is -4.01. The van der Waals surface area contributed by atoms with Crippen molar-refractivity contribution in [2.75, 3.05) is 6.54 Å². The van der Waals surface area contributed by atoms with Gasteiger partial charge in [0.1, 0.15) is 23.7 Å². The average Bonchev–Trinajstić information content (AvgIpc) is 3.05. The fourth-order valence-electron chi connectivity index (χ4n) is 3.21. The summed E-state index contributed by atoms with van der Waals surface area (Å²) in [5.41, 5.74) is -1.50.